The third kappa shape index (κ3) is 3.96. The van der Waals surface area contributed by atoms with Gasteiger partial charge in [-0.05, 0) is 42.7 Å². The van der Waals surface area contributed by atoms with Gasteiger partial charge in [-0.25, -0.2) is 9.59 Å². The quantitative estimate of drug-likeness (QED) is 0.682. The smallest absolute Gasteiger partial charge is 0.410 e. The Hall–Kier alpha value is -2.54. The van der Waals surface area contributed by atoms with Crippen molar-refractivity contribution in [2.24, 2.45) is 5.92 Å². The number of nitrogens with one attached hydrogen (secondary N) is 1. The van der Waals surface area contributed by atoms with Crippen molar-refractivity contribution < 1.29 is 19.1 Å². The molecule has 0 unspecified atom stereocenters. The molecular formula is C22H23BrN2O4. The van der Waals surface area contributed by atoms with Crippen molar-refractivity contribution in [3.8, 4) is 0 Å². The zero-order valence-electron chi connectivity index (χ0n) is 16.1. The number of carbonyl (C=O) groups excluding carboxylic acids is 2. The number of carbonyl (C=O) groups is 2. The Bertz CT molecular complexity index is 905. The van der Waals surface area contributed by atoms with E-state index >= 15 is 0 Å². The van der Waals surface area contributed by atoms with Crippen LogP contribution in [0, 0.1) is 5.92 Å². The van der Waals surface area contributed by atoms with Crippen molar-refractivity contribution in [1.29, 1.82) is 0 Å². The summed E-state index contributed by atoms with van der Waals surface area (Å²) in [6.45, 7) is 2.88. The minimum Gasteiger partial charge on any atom is -0.464 e. The monoisotopic (exact) mass is 458 g/mol. The number of rotatable bonds is 4. The topological polar surface area (TPSA) is 67.9 Å². The number of hydrogen-bond donors (Lipinski definition) is 1. The molecule has 1 fully saturated rings. The van der Waals surface area contributed by atoms with Crippen LogP contribution in [0.25, 0.3) is 0 Å². The molecule has 2 aromatic carbocycles. The van der Waals surface area contributed by atoms with Crippen LogP contribution in [0.15, 0.2) is 53.0 Å². The highest BCUT2D eigenvalue weighted by Gasteiger charge is 2.49. The first-order valence-electron chi connectivity index (χ1n) is 9.78. The Balaban J connectivity index is 1.59. The van der Waals surface area contributed by atoms with Gasteiger partial charge in [0, 0.05) is 22.6 Å². The van der Waals surface area contributed by atoms with Crippen LogP contribution < -0.4 is 5.32 Å². The number of halogens is 1. The summed E-state index contributed by atoms with van der Waals surface area (Å²) >= 11 is 3.52. The number of ether oxygens (including phenoxy) is 2. The number of likely N-dealkylation sites (tertiary alicyclic amines) is 1. The van der Waals surface area contributed by atoms with Crippen LogP contribution in [-0.2, 0) is 20.9 Å². The van der Waals surface area contributed by atoms with Crippen molar-refractivity contribution >= 4 is 33.7 Å². The van der Waals surface area contributed by atoms with Gasteiger partial charge in [0.2, 0.25) is 0 Å². The molecule has 152 valence electrons. The lowest BCUT2D eigenvalue weighted by molar-refractivity contribution is -0.145. The molecule has 2 aliphatic heterocycles. The molecule has 2 aliphatic rings. The van der Waals surface area contributed by atoms with E-state index in [2.05, 4.69) is 21.2 Å². The summed E-state index contributed by atoms with van der Waals surface area (Å²) in [5, 5.41) is 3.32. The highest BCUT2D eigenvalue weighted by Crippen LogP contribution is 2.47. The normalized spacial score (nSPS) is 22.3. The van der Waals surface area contributed by atoms with Gasteiger partial charge in [-0.2, -0.15) is 0 Å². The minimum absolute atomic E-state index is 0.0693. The lowest BCUT2D eigenvalue weighted by Gasteiger charge is -2.38. The van der Waals surface area contributed by atoms with Crippen molar-refractivity contribution in [3.63, 3.8) is 0 Å². The Morgan fingerprint density at radius 3 is 2.72 bits per heavy atom. The van der Waals surface area contributed by atoms with E-state index < -0.39 is 6.04 Å². The molecule has 0 radical (unpaired) electrons. The third-order valence-electron chi connectivity index (χ3n) is 5.50. The molecule has 0 saturated carbocycles. The summed E-state index contributed by atoms with van der Waals surface area (Å²) in [6, 6.07) is 14.7. The van der Waals surface area contributed by atoms with Crippen LogP contribution in [0.2, 0.25) is 0 Å². The van der Waals surface area contributed by atoms with Crippen molar-refractivity contribution in [2.75, 3.05) is 18.5 Å². The third-order valence-corrected chi connectivity index (χ3v) is 5.99. The number of esters is 1. The summed E-state index contributed by atoms with van der Waals surface area (Å²) in [5.41, 5.74) is 2.77. The fraction of sp³-hybridized carbons (Fsp3) is 0.364. The Morgan fingerprint density at radius 1 is 1.17 bits per heavy atom. The van der Waals surface area contributed by atoms with Gasteiger partial charge in [-0.1, -0.05) is 46.3 Å². The Kier molecular flexibility index (Phi) is 5.76. The lowest BCUT2D eigenvalue weighted by Crippen LogP contribution is -2.46. The molecule has 6 nitrogen and oxygen atoms in total. The van der Waals surface area contributed by atoms with Crippen LogP contribution in [0.4, 0.5) is 10.5 Å². The van der Waals surface area contributed by atoms with Crippen LogP contribution in [-0.4, -0.2) is 36.2 Å². The van der Waals surface area contributed by atoms with Crippen molar-refractivity contribution in [3.05, 3.63) is 64.1 Å². The maximum Gasteiger partial charge on any atom is 0.410 e. The van der Waals surface area contributed by atoms with Gasteiger partial charge in [0.15, 0.2) is 0 Å². The first kappa shape index (κ1) is 19.8. The number of amides is 1. The maximum absolute atomic E-state index is 12.9. The molecule has 1 amide bonds. The van der Waals surface area contributed by atoms with Crippen LogP contribution in [0.3, 0.4) is 0 Å². The maximum atomic E-state index is 12.9. The standard InChI is InChI=1S/C22H23BrN2O4/c1-2-28-21(26)19-16-10-11-25(22(27)29-13-14-6-4-3-5-7-14)20(16)17-12-15(23)8-9-18(17)24-19/h3-9,12,16,19-20,24H,2,10-11,13H2,1H3/t16-,19-,20-/m1/s1. The van der Waals surface area contributed by atoms with Crippen molar-refractivity contribution in [1.82, 2.24) is 4.90 Å². The number of hydrogen-bond acceptors (Lipinski definition) is 5. The van der Waals surface area contributed by atoms with E-state index in [1.807, 2.05) is 48.5 Å². The number of benzene rings is 2. The molecule has 0 spiro atoms. The molecule has 29 heavy (non-hydrogen) atoms. The highest BCUT2D eigenvalue weighted by molar-refractivity contribution is 9.10. The molecule has 1 saturated heterocycles. The van der Waals surface area contributed by atoms with E-state index in [0.29, 0.717) is 19.6 Å². The number of nitrogens with zero attached hydrogens (tertiary/aromatic N) is 1. The van der Waals surface area contributed by atoms with E-state index in [9.17, 15) is 9.59 Å². The molecule has 0 aromatic heterocycles. The second-order valence-corrected chi connectivity index (χ2v) is 8.15. The first-order chi connectivity index (χ1) is 14.1. The van der Waals surface area contributed by atoms with Gasteiger partial charge in [0.05, 0.1) is 12.6 Å². The average molecular weight is 459 g/mol. The molecule has 0 bridgehead atoms. The number of fused-ring (bicyclic) bond motifs is 3. The summed E-state index contributed by atoms with van der Waals surface area (Å²) < 4.78 is 11.8. The van der Waals surface area contributed by atoms with Gasteiger partial charge >= 0.3 is 12.1 Å². The second-order valence-electron chi connectivity index (χ2n) is 7.24. The predicted molar refractivity (Wildman–Crippen MR) is 112 cm³/mol. The zero-order chi connectivity index (χ0) is 20.4. The van der Waals surface area contributed by atoms with E-state index in [1.54, 1.807) is 11.8 Å². The molecule has 1 N–H and O–H groups in total. The van der Waals surface area contributed by atoms with Crippen LogP contribution in [0.5, 0.6) is 0 Å². The first-order valence-corrected chi connectivity index (χ1v) is 10.6. The molecule has 2 heterocycles. The molecular weight excluding hydrogens is 436 g/mol. The average Bonchev–Trinajstić information content (AvgIpc) is 3.18. The molecule has 4 rings (SSSR count). The van der Waals surface area contributed by atoms with Gasteiger partial charge in [-0.15, -0.1) is 0 Å². The SMILES string of the molecule is CCOC(=O)[C@@H]1Nc2ccc(Br)cc2[C@H]2[C@@H]1CCN2C(=O)OCc1ccccc1. The Morgan fingerprint density at radius 2 is 1.97 bits per heavy atom. The fourth-order valence-electron chi connectivity index (χ4n) is 4.22. The van der Waals surface area contributed by atoms with E-state index in [4.69, 9.17) is 9.47 Å². The number of anilines is 1. The summed E-state index contributed by atoms with van der Waals surface area (Å²) in [5.74, 6) is -0.351. The van der Waals surface area contributed by atoms with Gasteiger partial charge in [0.25, 0.3) is 0 Å². The lowest BCUT2D eigenvalue weighted by atomic mass is 9.83. The largest absolute Gasteiger partial charge is 0.464 e. The van der Waals surface area contributed by atoms with Crippen LogP contribution >= 0.6 is 15.9 Å². The summed E-state index contributed by atoms with van der Waals surface area (Å²) in [4.78, 5) is 27.2. The summed E-state index contributed by atoms with van der Waals surface area (Å²) in [6.07, 6.45) is 0.338. The summed E-state index contributed by atoms with van der Waals surface area (Å²) in [7, 11) is 0. The van der Waals surface area contributed by atoms with E-state index in [1.165, 1.54) is 0 Å². The van der Waals surface area contributed by atoms with Crippen LogP contribution in [0.1, 0.15) is 30.5 Å². The second kappa shape index (κ2) is 8.45. The van der Waals surface area contributed by atoms with Gasteiger partial charge in [-0.3, -0.25) is 0 Å². The van der Waals surface area contributed by atoms with E-state index in [0.717, 1.165) is 21.3 Å². The molecule has 7 heteroatoms. The zero-order valence-corrected chi connectivity index (χ0v) is 17.7. The molecule has 0 aliphatic carbocycles. The van der Waals surface area contributed by atoms with Crippen molar-refractivity contribution in [2.45, 2.75) is 32.0 Å². The molecule has 2 aromatic rings. The highest BCUT2D eigenvalue weighted by atomic mass is 79.9. The van der Waals surface area contributed by atoms with Gasteiger partial charge < -0.3 is 19.7 Å². The minimum atomic E-state index is -0.486. The van der Waals surface area contributed by atoms with E-state index in [-0.39, 0.29) is 30.6 Å². The molecule has 3 atom stereocenters. The Labute approximate surface area is 178 Å². The predicted octanol–water partition coefficient (Wildman–Crippen LogP) is 4.51. The van der Waals surface area contributed by atoms with Gasteiger partial charge in [0.1, 0.15) is 12.6 Å². The fourth-order valence-corrected chi connectivity index (χ4v) is 4.60.